The van der Waals surface area contributed by atoms with Crippen molar-refractivity contribution in [3.05, 3.63) is 35.9 Å². The molecule has 0 N–H and O–H groups in total. The molecular formula is C16H21BrO4. The SMILES string of the molecule is CO[C@@H]1C[C@H](OCc2ccccc2)[C@H]2CO[C@]1(CCBr)O2. The van der Waals surface area contributed by atoms with Gasteiger partial charge in [0, 0.05) is 25.3 Å². The van der Waals surface area contributed by atoms with Gasteiger partial charge in [-0.15, -0.1) is 0 Å². The van der Waals surface area contributed by atoms with Crippen LogP contribution in [0.1, 0.15) is 18.4 Å². The Bertz CT molecular complexity index is 455. The molecule has 4 atom stereocenters. The molecule has 2 aliphatic heterocycles. The molecule has 0 aromatic heterocycles. The van der Waals surface area contributed by atoms with E-state index in [9.17, 15) is 0 Å². The number of fused-ring (bicyclic) bond motifs is 2. The average molecular weight is 357 g/mol. The lowest BCUT2D eigenvalue weighted by molar-refractivity contribution is -0.274. The maximum absolute atomic E-state index is 6.13. The van der Waals surface area contributed by atoms with E-state index in [2.05, 4.69) is 28.1 Å². The van der Waals surface area contributed by atoms with E-state index in [0.29, 0.717) is 13.2 Å². The summed E-state index contributed by atoms with van der Waals surface area (Å²) in [6, 6.07) is 10.2. The zero-order chi connectivity index (χ0) is 14.7. The van der Waals surface area contributed by atoms with Crippen LogP contribution < -0.4 is 0 Å². The van der Waals surface area contributed by atoms with E-state index in [1.165, 1.54) is 5.56 Å². The van der Waals surface area contributed by atoms with E-state index < -0.39 is 5.79 Å². The highest BCUT2D eigenvalue weighted by atomic mass is 79.9. The Morgan fingerprint density at radius 2 is 2.14 bits per heavy atom. The summed E-state index contributed by atoms with van der Waals surface area (Å²) >= 11 is 3.47. The fourth-order valence-corrected chi connectivity index (χ4v) is 3.65. The summed E-state index contributed by atoms with van der Waals surface area (Å²) in [6.07, 6.45) is 1.52. The minimum atomic E-state index is -0.602. The van der Waals surface area contributed by atoms with Gasteiger partial charge in [0.2, 0.25) is 0 Å². The highest BCUT2D eigenvalue weighted by molar-refractivity contribution is 9.09. The van der Waals surface area contributed by atoms with Gasteiger partial charge in [0.05, 0.1) is 19.3 Å². The van der Waals surface area contributed by atoms with Crippen molar-refractivity contribution in [2.75, 3.05) is 19.0 Å². The van der Waals surface area contributed by atoms with Crippen molar-refractivity contribution in [2.24, 2.45) is 0 Å². The van der Waals surface area contributed by atoms with Crippen molar-refractivity contribution in [3.8, 4) is 0 Å². The first-order valence-corrected chi connectivity index (χ1v) is 8.45. The summed E-state index contributed by atoms with van der Waals surface area (Å²) < 4.78 is 23.7. The number of hydrogen-bond donors (Lipinski definition) is 0. The summed E-state index contributed by atoms with van der Waals surface area (Å²) in [6.45, 7) is 1.17. The largest absolute Gasteiger partial charge is 0.376 e. The topological polar surface area (TPSA) is 36.9 Å². The number of hydrogen-bond acceptors (Lipinski definition) is 4. The molecule has 5 heteroatoms. The molecular weight excluding hydrogens is 336 g/mol. The Morgan fingerprint density at radius 1 is 1.33 bits per heavy atom. The van der Waals surface area contributed by atoms with Crippen molar-refractivity contribution in [3.63, 3.8) is 0 Å². The predicted octanol–water partition coefficient (Wildman–Crippen LogP) is 2.89. The number of benzene rings is 1. The van der Waals surface area contributed by atoms with Crippen molar-refractivity contribution < 1.29 is 18.9 Å². The van der Waals surface area contributed by atoms with E-state index in [0.717, 1.165) is 18.2 Å². The molecule has 1 aromatic rings. The maximum atomic E-state index is 6.13. The number of ether oxygens (including phenoxy) is 4. The first-order valence-electron chi connectivity index (χ1n) is 7.33. The molecule has 2 saturated heterocycles. The van der Waals surface area contributed by atoms with Crippen LogP contribution in [0.15, 0.2) is 30.3 Å². The summed E-state index contributed by atoms with van der Waals surface area (Å²) in [5.74, 6) is -0.602. The monoisotopic (exact) mass is 356 g/mol. The molecule has 0 saturated carbocycles. The number of rotatable bonds is 6. The van der Waals surface area contributed by atoms with Crippen LogP contribution in [0.5, 0.6) is 0 Å². The lowest BCUT2D eigenvalue weighted by atomic mass is 9.96. The van der Waals surface area contributed by atoms with Gasteiger partial charge < -0.3 is 18.9 Å². The fourth-order valence-electron chi connectivity index (χ4n) is 3.09. The smallest absolute Gasteiger partial charge is 0.196 e. The zero-order valence-corrected chi connectivity index (χ0v) is 13.8. The molecule has 1 aromatic carbocycles. The Balaban J connectivity index is 1.64. The van der Waals surface area contributed by atoms with Gasteiger partial charge >= 0.3 is 0 Å². The molecule has 2 fully saturated rings. The fraction of sp³-hybridized carbons (Fsp3) is 0.625. The van der Waals surface area contributed by atoms with Crippen LogP contribution >= 0.6 is 15.9 Å². The van der Waals surface area contributed by atoms with E-state index in [4.69, 9.17) is 18.9 Å². The maximum Gasteiger partial charge on any atom is 0.196 e. The van der Waals surface area contributed by atoms with Gasteiger partial charge in [0.1, 0.15) is 12.2 Å². The Kier molecular flexibility index (Phi) is 4.96. The van der Waals surface area contributed by atoms with Gasteiger partial charge in [-0.05, 0) is 5.56 Å². The van der Waals surface area contributed by atoms with Crippen LogP contribution in [0, 0.1) is 0 Å². The van der Waals surface area contributed by atoms with Crippen molar-refractivity contribution in [1.29, 1.82) is 0 Å². The Morgan fingerprint density at radius 3 is 2.86 bits per heavy atom. The second-order valence-corrected chi connectivity index (χ2v) is 6.31. The average Bonchev–Trinajstić information content (AvgIpc) is 2.88. The van der Waals surface area contributed by atoms with Crippen LogP contribution in [0.2, 0.25) is 0 Å². The zero-order valence-electron chi connectivity index (χ0n) is 12.2. The van der Waals surface area contributed by atoms with Gasteiger partial charge in [-0.3, -0.25) is 0 Å². The van der Waals surface area contributed by atoms with Crippen LogP contribution in [0.3, 0.4) is 0 Å². The van der Waals surface area contributed by atoms with Gasteiger partial charge in [0.15, 0.2) is 5.79 Å². The van der Waals surface area contributed by atoms with Crippen molar-refractivity contribution >= 4 is 15.9 Å². The molecule has 0 radical (unpaired) electrons. The molecule has 2 heterocycles. The van der Waals surface area contributed by atoms with Crippen LogP contribution in [-0.4, -0.2) is 43.1 Å². The second-order valence-electron chi connectivity index (χ2n) is 5.51. The third-order valence-corrected chi connectivity index (χ3v) is 4.63. The third kappa shape index (κ3) is 3.17. The van der Waals surface area contributed by atoms with Crippen LogP contribution in [-0.2, 0) is 25.6 Å². The quantitative estimate of drug-likeness (QED) is 0.734. The first kappa shape index (κ1) is 15.4. The Hall–Kier alpha value is -0.460. The number of halogens is 1. The Labute approximate surface area is 133 Å². The van der Waals surface area contributed by atoms with Gasteiger partial charge in [-0.25, -0.2) is 0 Å². The predicted molar refractivity (Wildman–Crippen MR) is 82.4 cm³/mol. The molecule has 0 aliphatic carbocycles. The van der Waals surface area contributed by atoms with Crippen molar-refractivity contribution in [2.45, 2.75) is 43.5 Å². The van der Waals surface area contributed by atoms with E-state index in [1.807, 2.05) is 18.2 Å². The van der Waals surface area contributed by atoms with E-state index in [1.54, 1.807) is 7.11 Å². The van der Waals surface area contributed by atoms with Crippen LogP contribution in [0.25, 0.3) is 0 Å². The highest BCUT2D eigenvalue weighted by Gasteiger charge is 2.55. The molecule has 2 aliphatic rings. The lowest BCUT2D eigenvalue weighted by Crippen LogP contribution is -2.53. The molecule has 3 rings (SSSR count). The molecule has 0 spiro atoms. The standard InChI is InChI=1S/C16H21BrO4/c1-18-15-9-13(19-10-12-5-3-2-4-6-12)14-11-20-16(15,21-14)7-8-17/h2-6,13-15H,7-11H2,1H3/t13-,14+,15+,16+/m0/s1. The summed E-state index contributed by atoms with van der Waals surface area (Å²) in [5, 5.41) is 0.828. The van der Waals surface area contributed by atoms with Gasteiger partial charge in [0.25, 0.3) is 0 Å². The summed E-state index contributed by atoms with van der Waals surface area (Å²) in [4.78, 5) is 0. The summed E-state index contributed by atoms with van der Waals surface area (Å²) in [5.41, 5.74) is 1.17. The molecule has 21 heavy (non-hydrogen) atoms. The summed E-state index contributed by atoms with van der Waals surface area (Å²) in [7, 11) is 1.71. The second kappa shape index (κ2) is 6.75. The van der Waals surface area contributed by atoms with E-state index in [-0.39, 0.29) is 18.3 Å². The normalized spacial score (nSPS) is 35.0. The first-order chi connectivity index (χ1) is 10.3. The molecule has 0 unspecified atom stereocenters. The van der Waals surface area contributed by atoms with E-state index >= 15 is 0 Å². The highest BCUT2D eigenvalue weighted by Crippen LogP contribution is 2.42. The third-order valence-electron chi connectivity index (χ3n) is 4.23. The van der Waals surface area contributed by atoms with Gasteiger partial charge in [-0.1, -0.05) is 46.3 Å². The molecule has 116 valence electrons. The minimum absolute atomic E-state index is 0.000776. The van der Waals surface area contributed by atoms with Gasteiger partial charge in [-0.2, -0.15) is 0 Å². The molecule has 2 bridgehead atoms. The molecule has 0 amide bonds. The number of alkyl halides is 1. The number of methoxy groups -OCH3 is 1. The minimum Gasteiger partial charge on any atom is -0.376 e. The molecule has 4 nitrogen and oxygen atoms in total. The lowest BCUT2D eigenvalue weighted by Gasteiger charge is -2.41. The van der Waals surface area contributed by atoms with Crippen molar-refractivity contribution in [1.82, 2.24) is 0 Å². The van der Waals surface area contributed by atoms with Crippen LogP contribution in [0.4, 0.5) is 0 Å².